The molecule has 1 heterocycles. The molecule has 18 heavy (non-hydrogen) atoms. The van der Waals surface area contributed by atoms with Crippen LogP contribution in [0.2, 0.25) is 0 Å². The summed E-state index contributed by atoms with van der Waals surface area (Å²) in [5.41, 5.74) is 2.94. The Kier molecular flexibility index (Phi) is 2.34. The van der Waals surface area contributed by atoms with Crippen LogP contribution < -0.4 is 4.74 Å². The lowest BCUT2D eigenvalue weighted by atomic mass is 9.85. The van der Waals surface area contributed by atoms with E-state index in [1.165, 1.54) is 27.5 Å². The Morgan fingerprint density at radius 2 is 1.83 bits per heavy atom. The van der Waals surface area contributed by atoms with E-state index in [4.69, 9.17) is 4.74 Å². The van der Waals surface area contributed by atoms with Crippen LogP contribution in [0.4, 0.5) is 0 Å². The lowest BCUT2D eigenvalue weighted by Gasteiger charge is -2.28. The van der Waals surface area contributed by atoms with Gasteiger partial charge < -0.3 is 4.74 Å². The topological polar surface area (TPSA) is 9.23 Å². The Morgan fingerprint density at radius 3 is 2.61 bits per heavy atom. The van der Waals surface area contributed by atoms with Crippen molar-refractivity contribution >= 4 is 38.5 Å². The summed E-state index contributed by atoms with van der Waals surface area (Å²) < 4.78 is 8.41. The zero-order chi connectivity index (χ0) is 12.3. The van der Waals surface area contributed by atoms with Crippen molar-refractivity contribution in [1.29, 1.82) is 0 Å². The first-order chi connectivity index (χ1) is 8.69. The highest BCUT2D eigenvalue weighted by Crippen LogP contribution is 2.61. The predicted molar refractivity (Wildman–Crippen MR) is 83.4 cm³/mol. The fraction of sp³-hybridized carbons (Fsp3) is 0.200. The molecule has 90 valence electrons. The van der Waals surface area contributed by atoms with Gasteiger partial charge in [-0.15, -0.1) is 0 Å². The summed E-state index contributed by atoms with van der Waals surface area (Å²) in [6, 6.07) is 12.9. The molecule has 0 radical (unpaired) electrons. The smallest absolute Gasteiger partial charge is 0.132 e. The zero-order valence-electron chi connectivity index (χ0n) is 9.54. The van der Waals surface area contributed by atoms with Crippen LogP contribution in [0.3, 0.4) is 0 Å². The van der Waals surface area contributed by atoms with E-state index in [9.17, 15) is 0 Å². The standard InChI is InChI=1S/C15H10BrIO/c16-9-1-3-11-14(7-9)18-13-4-2-10(17)8-12(13)15(11)5-6-15/h1-4,7-8H,5-6H2. The summed E-state index contributed by atoms with van der Waals surface area (Å²) in [6.45, 7) is 0. The minimum atomic E-state index is 0.227. The summed E-state index contributed by atoms with van der Waals surface area (Å²) >= 11 is 5.89. The maximum Gasteiger partial charge on any atom is 0.132 e. The molecule has 0 amide bonds. The van der Waals surface area contributed by atoms with Crippen molar-refractivity contribution in [2.45, 2.75) is 18.3 Å². The second-order valence-electron chi connectivity index (χ2n) is 4.97. The van der Waals surface area contributed by atoms with Crippen molar-refractivity contribution in [3.63, 3.8) is 0 Å². The van der Waals surface area contributed by atoms with Crippen molar-refractivity contribution in [3.8, 4) is 11.5 Å². The molecule has 1 aliphatic carbocycles. The van der Waals surface area contributed by atoms with Crippen LogP contribution >= 0.6 is 38.5 Å². The Hall–Kier alpha value is -0.550. The Bertz CT molecular complexity index is 662. The van der Waals surface area contributed by atoms with Gasteiger partial charge in [0.1, 0.15) is 11.5 Å². The molecule has 0 bridgehead atoms. The molecule has 1 saturated carbocycles. The first-order valence-electron chi connectivity index (χ1n) is 5.97. The van der Waals surface area contributed by atoms with E-state index in [2.05, 4.69) is 74.9 Å². The van der Waals surface area contributed by atoms with Gasteiger partial charge in [0.05, 0.1) is 0 Å². The van der Waals surface area contributed by atoms with E-state index < -0.39 is 0 Å². The molecule has 1 aliphatic heterocycles. The average molecular weight is 413 g/mol. The third kappa shape index (κ3) is 1.50. The first kappa shape index (κ1) is 11.3. The van der Waals surface area contributed by atoms with Crippen molar-refractivity contribution in [2.24, 2.45) is 0 Å². The van der Waals surface area contributed by atoms with Gasteiger partial charge in [0.25, 0.3) is 0 Å². The van der Waals surface area contributed by atoms with Gasteiger partial charge in [-0.2, -0.15) is 0 Å². The Labute approximate surface area is 128 Å². The van der Waals surface area contributed by atoms with Gasteiger partial charge in [0.15, 0.2) is 0 Å². The zero-order valence-corrected chi connectivity index (χ0v) is 13.3. The lowest BCUT2D eigenvalue weighted by molar-refractivity contribution is 0.441. The monoisotopic (exact) mass is 412 g/mol. The normalized spacial score (nSPS) is 17.9. The molecular formula is C15H10BrIO. The summed E-state index contributed by atoms with van der Waals surface area (Å²) in [4.78, 5) is 0. The number of fused-ring (bicyclic) bond motifs is 4. The molecule has 0 unspecified atom stereocenters. The molecule has 2 aliphatic rings. The van der Waals surface area contributed by atoms with E-state index in [0.717, 1.165) is 16.0 Å². The van der Waals surface area contributed by atoms with Crippen LogP contribution in [0.1, 0.15) is 24.0 Å². The molecule has 0 saturated heterocycles. The number of ether oxygens (including phenoxy) is 1. The van der Waals surface area contributed by atoms with Crippen molar-refractivity contribution in [1.82, 2.24) is 0 Å². The lowest BCUT2D eigenvalue weighted by Crippen LogP contribution is -2.16. The molecular weight excluding hydrogens is 403 g/mol. The molecule has 0 atom stereocenters. The largest absolute Gasteiger partial charge is 0.457 e. The van der Waals surface area contributed by atoms with Crippen molar-refractivity contribution < 1.29 is 4.74 Å². The second-order valence-corrected chi connectivity index (χ2v) is 7.13. The van der Waals surface area contributed by atoms with E-state index >= 15 is 0 Å². The van der Waals surface area contributed by atoms with Crippen LogP contribution in [-0.2, 0) is 5.41 Å². The van der Waals surface area contributed by atoms with Gasteiger partial charge in [-0.25, -0.2) is 0 Å². The molecule has 3 heteroatoms. The number of hydrogen-bond donors (Lipinski definition) is 0. The molecule has 0 N–H and O–H groups in total. The Morgan fingerprint density at radius 1 is 1.00 bits per heavy atom. The summed E-state index contributed by atoms with van der Waals surface area (Å²) in [5.74, 6) is 2.04. The quantitative estimate of drug-likeness (QED) is 0.537. The number of hydrogen-bond acceptors (Lipinski definition) is 1. The fourth-order valence-electron chi connectivity index (χ4n) is 2.87. The second kappa shape index (κ2) is 3.73. The van der Waals surface area contributed by atoms with Crippen molar-refractivity contribution in [2.75, 3.05) is 0 Å². The molecule has 1 fully saturated rings. The van der Waals surface area contributed by atoms with Gasteiger partial charge in [0, 0.05) is 24.6 Å². The summed E-state index contributed by atoms with van der Waals surface area (Å²) in [6.07, 6.45) is 2.47. The fourth-order valence-corrected chi connectivity index (χ4v) is 3.70. The van der Waals surface area contributed by atoms with Gasteiger partial charge >= 0.3 is 0 Å². The number of halogens is 2. The third-order valence-corrected chi connectivity index (χ3v) is 5.05. The van der Waals surface area contributed by atoms with Crippen LogP contribution in [0.5, 0.6) is 11.5 Å². The van der Waals surface area contributed by atoms with Gasteiger partial charge in [-0.05, 0) is 65.8 Å². The highest BCUT2D eigenvalue weighted by molar-refractivity contribution is 14.1. The minimum absolute atomic E-state index is 0.227. The van der Waals surface area contributed by atoms with Crippen LogP contribution in [0.25, 0.3) is 0 Å². The third-order valence-electron chi connectivity index (χ3n) is 3.89. The molecule has 2 aromatic rings. The molecule has 1 nitrogen and oxygen atoms in total. The summed E-state index contributed by atoms with van der Waals surface area (Å²) in [5, 5.41) is 0. The molecule has 4 rings (SSSR count). The van der Waals surface area contributed by atoms with E-state index in [-0.39, 0.29) is 5.41 Å². The van der Waals surface area contributed by atoms with E-state index in [0.29, 0.717) is 0 Å². The van der Waals surface area contributed by atoms with Gasteiger partial charge in [0.2, 0.25) is 0 Å². The Balaban J connectivity index is 1.98. The SMILES string of the molecule is Brc1ccc2c(c1)Oc1ccc(I)cc1C21CC1. The van der Waals surface area contributed by atoms with Gasteiger partial charge in [-0.3, -0.25) is 0 Å². The highest BCUT2D eigenvalue weighted by Gasteiger charge is 2.51. The van der Waals surface area contributed by atoms with Gasteiger partial charge in [-0.1, -0.05) is 22.0 Å². The minimum Gasteiger partial charge on any atom is -0.457 e. The van der Waals surface area contributed by atoms with Crippen LogP contribution in [0.15, 0.2) is 40.9 Å². The summed E-state index contributed by atoms with van der Waals surface area (Å²) in [7, 11) is 0. The highest BCUT2D eigenvalue weighted by atomic mass is 127. The van der Waals surface area contributed by atoms with E-state index in [1.54, 1.807) is 0 Å². The molecule has 0 aromatic heterocycles. The molecule has 2 aromatic carbocycles. The van der Waals surface area contributed by atoms with Crippen LogP contribution in [0, 0.1) is 3.57 Å². The predicted octanol–water partition coefficient (Wildman–Crippen LogP) is 5.24. The average Bonchev–Trinajstić information content (AvgIpc) is 3.12. The number of benzene rings is 2. The first-order valence-corrected chi connectivity index (χ1v) is 7.84. The van der Waals surface area contributed by atoms with E-state index in [1.807, 2.05) is 0 Å². The van der Waals surface area contributed by atoms with Crippen LogP contribution in [-0.4, -0.2) is 0 Å². The molecule has 1 spiro atoms. The maximum absolute atomic E-state index is 6.06. The maximum atomic E-state index is 6.06. The number of rotatable bonds is 0. The van der Waals surface area contributed by atoms with Crippen molar-refractivity contribution in [3.05, 3.63) is 55.6 Å².